The molecule has 0 fully saturated rings. The molecule has 0 saturated heterocycles. The van der Waals surface area contributed by atoms with Crippen molar-refractivity contribution in [2.24, 2.45) is 4.99 Å². The van der Waals surface area contributed by atoms with E-state index in [4.69, 9.17) is 4.74 Å². The topological polar surface area (TPSA) is 38.7 Å². The van der Waals surface area contributed by atoms with Gasteiger partial charge in [-0.3, -0.25) is 0 Å². The normalized spacial score (nSPS) is 10.9. The number of unbranched alkanes of at least 4 members (excludes halogenated alkanes) is 7. The van der Waals surface area contributed by atoms with Crippen molar-refractivity contribution in [3.05, 3.63) is 0 Å². The Bertz CT molecular complexity index is 190. The molecule has 0 aromatic heterocycles. The molecule has 0 aromatic rings. The summed E-state index contributed by atoms with van der Waals surface area (Å²) in [5, 5.41) is 0. The first kappa shape index (κ1) is 15.1. The highest BCUT2D eigenvalue weighted by Crippen LogP contribution is 2.08. The quantitative estimate of drug-likeness (QED) is 0.434. The van der Waals surface area contributed by atoms with Crippen LogP contribution < -0.4 is 0 Å². The Hall–Kier alpha value is -0.860. The van der Waals surface area contributed by atoms with Crippen LogP contribution in [0.15, 0.2) is 4.99 Å². The number of nitrogens with zero attached hydrogens (tertiary/aromatic N) is 1. The third-order valence-corrected chi connectivity index (χ3v) is 2.46. The summed E-state index contributed by atoms with van der Waals surface area (Å²) in [6.07, 6.45) is 11.0. The lowest BCUT2D eigenvalue weighted by atomic mass is 10.1. The van der Waals surface area contributed by atoms with Gasteiger partial charge in [-0.1, -0.05) is 51.9 Å². The van der Waals surface area contributed by atoms with E-state index in [0.29, 0.717) is 6.61 Å². The number of hydrogen-bond donors (Lipinski definition) is 0. The van der Waals surface area contributed by atoms with Gasteiger partial charge in [0.05, 0.1) is 6.61 Å². The Morgan fingerprint density at radius 1 is 1.06 bits per heavy atom. The second-order valence-corrected chi connectivity index (χ2v) is 3.98. The van der Waals surface area contributed by atoms with Gasteiger partial charge in [-0.25, -0.2) is 4.79 Å². The Balaban J connectivity index is 3.07. The summed E-state index contributed by atoms with van der Waals surface area (Å²) < 4.78 is 4.89. The third-order valence-electron chi connectivity index (χ3n) is 2.46. The molecule has 0 aromatic carbocycles. The number of hydrogen-bond acceptors (Lipinski definition) is 2. The van der Waals surface area contributed by atoms with E-state index in [2.05, 4.69) is 11.9 Å². The molecule has 0 aliphatic heterocycles. The largest absolute Gasteiger partial charge is 0.448 e. The number of aliphatic imine (C=N–C) groups is 1. The van der Waals surface area contributed by atoms with Crippen LogP contribution in [0.1, 0.15) is 65.2 Å². The smallest absolute Gasteiger partial charge is 0.433 e. The van der Waals surface area contributed by atoms with E-state index in [1.165, 1.54) is 44.7 Å². The number of rotatable bonds is 9. The molecular weight excluding hydrogens is 202 g/mol. The first-order valence-electron chi connectivity index (χ1n) is 6.46. The van der Waals surface area contributed by atoms with Crippen LogP contribution >= 0.6 is 0 Å². The molecule has 0 heterocycles. The maximum Gasteiger partial charge on any atom is 0.433 e. The van der Waals surface area contributed by atoms with Crippen molar-refractivity contribution in [1.29, 1.82) is 0 Å². The average Bonchev–Trinajstić information content (AvgIpc) is 2.27. The fraction of sp³-hybridized carbons (Fsp3) is 0.846. The fourth-order valence-corrected chi connectivity index (χ4v) is 1.54. The Labute approximate surface area is 99.3 Å². The third kappa shape index (κ3) is 11.2. The van der Waals surface area contributed by atoms with Crippen LogP contribution in [0.4, 0.5) is 4.79 Å². The van der Waals surface area contributed by atoms with Gasteiger partial charge in [0.2, 0.25) is 0 Å². The minimum absolute atomic E-state index is 0.467. The summed E-state index contributed by atoms with van der Waals surface area (Å²) in [5.41, 5.74) is 0. The van der Waals surface area contributed by atoms with E-state index in [1.54, 1.807) is 6.92 Å². The Morgan fingerprint density at radius 2 is 1.62 bits per heavy atom. The van der Waals surface area contributed by atoms with E-state index < -0.39 is 6.09 Å². The molecule has 16 heavy (non-hydrogen) atoms. The molecule has 3 nitrogen and oxygen atoms in total. The Kier molecular flexibility index (Phi) is 11.6. The predicted molar refractivity (Wildman–Crippen MR) is 68.1 cm³/mol. The average molecular weight is 227 g/mol. The van der Waals surface area contributed by atoms with Gasteiger partial charge in [-0.05, 0) is 13.3 Å². The molecule has 0 saturated carbocycles. The van der Waals surface area contributed by atoms with Gasteiger partial charge >= 0.3 is 6.09 Å². The number of carbonyl (C=O) groups excluding carboxylic acids is 1. The van der Waals surface area contributed by atoms with Crippen LogP contribution in [-0.4, -0.2) is 18.9 Å². The summed E-state index contributed by atoms with van der Waals surface area (Å²) in [6, 6.07) is 0. The van der Waals surface area contributed by atoms with Gasteiger partial charge < -0.3 is 4.74 Å². The predicted octanol–water partition coefficient (Wildman–Crippen LogP) is 4.35. The molecule has 0 spiro atoms. The van der Waals surface area contributed by atoms with Gasteiger partial charge in [-0.15, -0.1) is 0 Å². The van der Waals surface area contributed by atoms with Gasteiger partial charge in [0.15, 0.2) is 0 Å². The standard InChI is InChI=1S/C13H25NO2/c1-3-5-6-7-8-9-10-11-12-16-13(15)14-4-2/h4H,3,5-12H2,1-2H3. The fourth-order valence-electron chi connectivity index (χ4n) is 1.54. The van der Waals surface area contributed by atoms with Crippen LogP contribution in [0.3, 0.4) is 0 Å². The van der Waals surface area contributed by atoms with Crippen LogP contribution in [0, 0.1) is 0 Å². The van der Waals surface area contributed by atoms with Gasteiger partial charge in [0.1, 0.15) is 0 Å². The molecule has 94 valence electrons. The summed E-state index contributed by atoms with van der Waals surface area (Å²) in [6.45, 7) is 4.44. The zero-order valence-corrected chi connectivity index (χ0v) is 10.7. The van der Waals surface area contributed by atoms with E-state index in [-0.39, 0.29) is 0 Å². The van der Waals surface area contributed by atoms with Crippen LogP contribution in [0.5, 0.6) is 0 Å². The van der Waals surface area contributed by atoms with Crippen LogP contribution in [0.25, 0.3) is 0 Å². The molecule has 0 aliphatic rings. The van der Waals surface area contributed by atoms with E-state index in [0.717, 1.165) is 12.8 Å². The number of ether oxygens (including phenoxy) is 1. The highest BCUT2D eigenvalue weighted by Gasteiger charge is 1.96. The van der Waals surface area contributed by atoms with Crippen molar-refractivity contribution in [1.82, 2.24) is 0 Å². The van der Waals surface area contributed by atoms with E-state index in [1.807, 2.05) is 0 Å². The van der Waals surface area contributed by atoms with Crippen LogP contribution in [-0.2, 0) is 4.74 Å². The summed E-state index contributed by atoms with van der Waals surface area (Å²) in [7, 11) is 0. The molecule has 0 N–H and O–H groups in total. The number of amides is 1. The molecule has 0 atom stereocenters. The van der Waals surface area contributed by atoms with Gasteiger partial charge in [-0.2, -0.15) is 4.99 Å². The van der Waals surface area contributed by atoms with Crippen molar-refractivity contribution < 1.29 is 9.53 Å². The van der Waals surface area contributed by atoms with Gasteiger partial charge in [0, 0.05) is 6.21 Å². The SMILES string of the molecule is CC=NC(=O)OCCCCCCCCCC. The van der Waals surface area contributed by atoms with Gasteiger partial charge in [0.25, 0.3) is 0 Å². The van der Waals surface area contributed by atoms with Crippen LogP contribution in [0.2, 0.25) is 0 Å². The lowest BCUT2D eigenvalue weighted by Gasteiger charge is -2.02. The molecule has 1 amide bonds. The van der Waals surface area contributed by atoms with Crippen molar-refractivity contribution in [2.75, 3.05) is 6.61 Å². The molecule has 0 unspecified atom stereocenters. The van der Waals surface area contributed by atoms with E-state index in [9.17, 15) is 4.79 Å². The maximum atomic E-state index is 10.8. The van der Waals surface area contributed by atoms with Crippen molar-refractivity contribution in [3.63, 3.8) is 0 Å². The first-order chi connectivity index (χ1) is 7.81. The minimum Gasteiger partial charge on any atom is -0.448 e. The molecule has 0 radical (unpaired) electrons. The first-order valence-corrected chi connectivity index (χ1v) is 6.46. The molecule has 0 aliphatic carbocycles. The zero-order valence-electron chi connectivity index (χ0n) is 10.7. The highest BCUT2D eigenvalue weighted by atomic mass is 16.5. The maximum absolute atomic E-state index is 10.8. The minimum atomic E-state index is -0.467. The second-order valence-electron chi connectivity index (χ2n) is 3.98. The van der Waals surface area contributed by atoms with Crippen molar-refractivity contribution in [3.8, 4) is 0 Å². The second kappa shape index (κ2) is 12.2. The lowest BCUT2D eigenvalue weighted by Crippen LogP contribution is -2.00. The molecule has 3 heteroatoms. The lowest BCUT2D eigenvalue weighted by molar-refractivity contribution is 0.155. The monoisotopic (exact) mass is 227 g/mol. The molecular formula is C13H25NO2. The summed E-state index contributed by atoms with van der Waals surface area (Å²) in [4.78, 5) is 14.3. The summed E-state index contributed by atoms with van der Waals surface area (Å²) in [5.74, 6) is 0. The highest BCUT2D eigenvalue weighted by molar-refractivity contribution is 5.78. The van der Waals surface area contributed by atoms with E-state index >= 15 is 0 Å². The molecule has 0 rings (SSSR count). The van der Waals surface area contributed by atoms with Crippen molar-refractivity contribution >= 4 is 12.3 Å². The molecule has 0 bridgehead atoms. The zero-order chi connectivity index (χ0) is 12.1. The Morgan fingerprint density at radius 3 is 2.19 bits per heavy atom. The van der Waals surface area contributed by atoms with Crippen molar-refractivity contribution in [2.45, 2.75) is 65.2 Å². The summed E-state index contributed by atoms with van der Waals surface area (Å²) >= 11 is 0. The number of carbonyl (C=O) groups is 1.